The lowest BCUT2D eigenvalue weighted by Crippen LogP contribution is -2.27. The van der Waals surface area contributed by atoms with E-state index in [1.165, 1.54) is 0 Å². The van der Waals surface area contributed by atoms with E-state index >= 15 is 0 Å². The number of nitrogens with zero attached hydrogens (tertiary/aromatic N) is 2. The molecule has 2 N–H and O–H groups in total. The molecule has 6 heteroatoms. The molecule has 1 heterocycles. The smallest absolute Gasteiger partial charge is 0.292 e. The second-order valence-electron chi connectivity index (χ2n) is 2.85. The van der Waals surface area contributed by atoms with Crippen molar-refractivity contribution in [1.82, 2.24) is 20.8 Å². The van der Waals surface area contributed by atoms with Gasteiger partial charge in [0.25, 0.3) is 11.7 Å². The number of aryl methyl sites for hydroxylation is 1. The second kappa shape index (κ2) is 5.33. The van der Waals surface area contributed by atoms with Crippen molar-refractivity contribution < 1.29 is 9.32 Å². The van der Waals surface area contributed by atoms with Crippen molar-refractivity contribution >= 4 is 5.91 Å². The number of carbonyl (C=O) groups is 1. The van der Waals surface area contributed by atoms with Gasteiger partial charge >= 0.3 is 0 Å². The molecule has 0 saturated heterocycles. The minimum Gasteiger partial charge on any atom is -0.349 e. The molecule has 1 aromatic heterocycles. The van der Waals surface area contributed by atoms with Gasteiger partial charge in [-0.05, 0) is 20.0 Å². The minimum atomic E-state index is -0.294. The second-order valence-corrected chi connectivity index (χ2v) is 2.85. The fraction of sp³-hybridized carbons (Fsp3) is 0.625. The summed E-state index contributed by atoms with van der Waals surface area (Å²) in [4.78, 5) is 15.1. The zero-order valence-electron chi connectivity index (χ0n) is 8.33. The van der Waals surface area contributed by atoms with Crippen LogP contribution in [0.3, 0.4) is 0 Å². The number of nitrogens with one attached hydrogen (secondary N) is 2. The van der Waals surface area contributed by atoms with Crippen molar-refractivity contribution in [1.29, 1.82) is 0 Å². The van der Waals surface area contributed by atoms with E-state index in [4.69, 9.17) is 0 Å². The molecule has 0 saturated carbocycles. The van der Waals surface area contributed by atoms with Crippen molar-refractivity contribution in [3.8, 4) is 0 Å². The van der Waals surface area contributed by atoms with Crippen LogP contribution in [0.2, 0.25) is 0 Å². The first-order chi connectivity index (χ1) is 6.74. The van der Waals surface area contributed by atoms with Crippen molar-refractivity contribution in [3.05, 3.63) is 11.7 Å². The first-order valence-electron chi connectivity index (χ1n) is 4.47. The Hall–Kier alpha value is -1.43. The summed E-state index contributed by atoms with van der Waals surface area (Å²) in [5.74, 6) is 0.190. The molecule has 6 nitrogen and oxygen atoms in total. The summed E-state index contributed by atoms with van der Waals surface area (Å²) in [6.07, 6.45) is 0.874. The normalized spacial score (nSPS) is 10.1. The molecule has 0 aromatic carbocycles. The summed E-state index contributed by atoms with van der Waals surface area (Å²) < 4.78 is 4.68. The highest BCUT2D eigenvalue weighted by Crippen LogP contribution is 1.93. The average Bonchev–Trinajstić information content (AvgIpc) is 2.59. The molecular formula is C8H14N4O2. The summed E-state index contributed by atoms with van der Waals surface area (Å²) in [5, 5.41) is 9.17. The van der Waals surface area contributed by atoms with E-state index in [0.717, 1.165) is 13.0 Å². The zero-order chi connectivity index (χ0) is 10.4. The van der Waals surface area contributed by atoms with Crippen LogP contribution in [-0.4, -0.2) is 36.2 Å². The van der Waals surface area contributed by atoms with Crippen LogP contribution in [0.25, 0.3) is 0 Å². The zero-order valence-corrected chi connectivity index (χ0v) is 8.33. The van der Waals surface area contributed by atoms with Crippen molar-refractivity contribution in [2.45, 2.75) is 13.3 Å². The molecule has 0 bridgehead atoms. The molecule has 0 spiro atoms. The van der Waals surface area contributed by atoms with Crippen LogP contribution in [0, 0.1) is 6.92 Å². The number of hydrogen-bond donors (Lipinski definition) is 2. The van der Waals surface area contributed by atoms with Crippen LogP contribution in [0.1, 0.15) is 22.9 Å². The minimum absolute atomic E-state index is 0.0898. The fourth-order valence-electron chi connectivity index (χ4n) is 0.938. The summed E-state index contributed by atoms with van der Waals surface area (Å²) in [5.41, 5.74) is 0. The topological polar surface area (TPSA) is 80.0 Å². The van der Waals surface area contributed by atoms with Crippen LogP contribution in [-0.2, 0) is 0 Å². The molecule has 0 aliphatic carbocycles. The Morgan fingerprint density at radius 2 is 2.29 bits per heavy atom. The molecule has 1 aromatic rings. The molecule has 78 valence electrons. The number of carbonyl (C=O) groups excluding carboxylic acids is 1. The van der Waals surface area contributed by atoms with Gasteiger partial charge < -0.3 is 15.2 Å². The van der Waals surface area contributed by atoms with Crippen LogP contribution in [0.5, 0.6) is 0 Å². The third-order valence-corrected chi connectivity index (χ3v) is 1.62. The van der Waals surface area contributed by atoms with Gasteiger partial charge in [0, 0.05) is 13.5 Å². The molecule has 1 rings (SSSR count). The summed E-state index contributed by atoms with van der Waals surface area (Å²) >= 11 is 0. The molecule has 0 atom stereocenters. The van der Waals surface area contributed by atoms with Crippen LogP contribution < -0.4 is 10.6 Å². The third-order valence-electron chi connectivity index (χ3n) is 1.62. The van der Waals surface area contributed by atoms with Gasteiger partial charge in [0.15, 0.2) is 0 Å². The van der Waals surface area contributed by atoms with Gasteiger partial charge in [-0.25, -0.2) is 0 Å². The number of aromatic nitrogens is 2. The maximum Gasteiger partial charge on any atom is 0.292 e. The van der Waals surface area contributed by atoms with E-state index in [0.29, 0.717) is 12.4 Å². The fourth-order valence-corrected chi connectivity index (χ4v) is 0.938. The van der Waals surface area contributed by atoms with Gasteiger partial charge in [0.1, 0.15) is 0 Å². The maximum absolute atomic E-state index is 11.3. The highest BCUT2D eigenvalue weighted by atomic mass is 16.5. The van der Waals surface area contributed by atoms with Crippen LogP contribution in [0.15, 0.2) is 4.52 Å². The van der Waals surface area contributed by atoms with Gasteiger partial charge in [-0.15, -0.1) is 0 Å². The van der Waals surface area contributed by atoms with E-state index in [1.54, 1.807) is 6.92 Å². The molecule has 0 aliphatic heterocycles. The molecule has 0 unspecified atom stereocenters. The van der Waals surface area contributed by atoms with Crippen molar-refractivity contribution in [2.24, 2.45) is 0 Å². The predicted octanol–water partition coefficient (Wildman–Crippen LogP) is -0.283. The van der Waals surface area contributed by atoms with Gasteiger partial charge in [-0.2, -0.15) is 4.98 Å². The monoisotopic (exact) mass is 198 g/mol. The summed E-state index contributed by atoms with van der Waals surface area (Å²) in [6.45, 7) is 3.11. The van der Waals surface area contributed by atoms with Crippen LogP contribution in [0.4, 0.5) is 0 Å². The van der Waals surface area contributed by atoms with Gasteiger partial charge in [-0.1, -0.05) is 5.16 Å². The molecule has 0 fully saturated rings. The third kappa shape index (κ3) is 3.14. The van der Waals surface area contributed by atoms with E-state index in [1.807, 2.05) is 7.05 Å². The summed E-state index contributed by atoms with van der Waals surface area (Å²) in [7, 11) is 1.87. The Kier molecular flexibility index (Phi) is 4.06. The Morgan fingerprint density at radius 1 is 1.50 bits per heavy atom. The largest absolute Gasteiger partial charge is 0.349 e. The highest BCUT2D eigenvalue weighted by Gasteiger charge is 2.11. The molecule has 0 aliphatic rings. The lowest BCUT2D eigenvalue weighted by atomic mass is 10.4. The van der Waals surface area contributed by atoms with Crippen LogP contribution >= 0.6 is 0 Å². The Bertz CT molecular complexity index is 297. The Morgan fingerprint density at radius 3 is 2.86 bits per heavy atom. The standard InChI is InChI=1S/C8H14N4O2/c1-6-11-7(12-14-6)8(13)10-5-3-4-9-2/h9H,3-5H2,1-2H3,(H,10,13). The molecule has 14 heavy (non-hydrogen) atoms. The van der Waals surface area contributed by atoms with E-state index in [-0.39, 0.29) is 11.7 Å². The summed E-state index contributed by atoms with van der Waals surface area (Å²) in [6, 6.07) is 0. The van der Waals surface area contributed by atoms with Crippen molar-refractivity contribution in [2.75, 3.05) is 20.1 Å². The van der Waals surface area contributed by atoms with E-state index < -0.39 is 0 Å². The van der Waals surface area contributed by atoms with Gasteiger partial charge in [0.2, 0.25) is 5.89 Å². The first kappa shape index (κ1) is 10.6. The Balaban J connectivity index is 2.29. The highest BCUT2D eigenvalue weighted by molar-refractivity contribution is 5.90. The van der Waals surface area contributed by atoms with Crippen molar-refractivity contribution in [3.63, 3.8) is 0 Å². The predicted molar refractivity (Wildman–Crippen MR) is 49.9 cm³/mol. The Labute approximate surface area is 82.1 Å². The number of amides is 1. The van der Waals surface area contributed by atoms with E-state index in [2.05, 4.69) is 25.3 Å². The first-order valence-corrected chi connectivity index (χ1v) is 4.47. The molecular weight excluding hydrogens is 184 g/mol. The van der Waals surface area contributed by atoms with Gasteiger partial charge in [0.05, 0.1) is 0 Å². The van der Waals surface area contributed by atoms with Gasteiger partial charge in [-0.3, -0.25) is 4.79 Å². The average molecular weight is 198 g/mol. The molecule has 1 amide bonds. The number of hydrogen-bond acceptors (Lipinski definition) is 5. The maximum atomic E-state index is 11.3. The molecule has 0 radical (unpaired) electrons. The van der Waals surface area contributed by atoms with E-state index in [9.17, 15) is 4.79 Å². The lowest BCUT2D eigenvalue weighted by Gasteiger charge is -2.00. The quantitative estimate of drug-likeness (QED) is 0.636. The number of rotatable bonds is 5. The lowest BCUT2D eigenvalue weighted by molar-refractivity contribution is 0.0940. The SMILES string of the molecule is CNCCCNC(=O)c1noc(C)n1.